The molecule has 1 atom stereocenters. The van der Waals surface area contributed by atoms with Crippen molar-refractivity contribution in [2.24, 2.45) is 0 Å². The fraction of sp³-hybridized carbons (Fsp3) is 0.222. The number of ether oxygens (including phenoxy) is 1. The number of benzene rings is 1. The van der Waals surface area contributed by atoms with Crippen molar-refractivity contribution in [1.82, 2.24) is 0 Å². The Kier molecular flexibility index (Phi) is 1.89. The largest absolute Gasteiger partial charge is 0.482 e. The van der Waals surface area contributed by atoms with Gasteiger partial charge in [0.05, 0.1) is 0 Å². The Bertz CT molecular complexity index is 322. The van der Waals surface area contributed by atoms with Gasteiger partial charge in [0.15, 0.2) is 12.4 Å². The van der Waals surface area contributed by atoms with Gasteiger partial charge in [-0.2, -0.15) is 0 Å². The maximum absolute atomic E-state index is 10.4. The molecule has 0 aromatic heterocycles. The van der Waals surface area contributed by atoms with Gasteiger partial charge in [-0.25, -0.2) is 0 Å². The lowest BCUT2D eigenvalue weighted by molar-refractivity contribution is -0.113. The van der Waals surface area contributed by atoms with E-state index in [1.165, 1.54) is 0 Å². The Morgan fingerprint density at radius 2 is 2.42 bits per heavy atom. The summed E-state index contributed by atoms with van der Waals surface area (Å²) in [7, 11) is 0. The molecule has 0 spiro atoms. The standard InChI is InChI=1S/C9H7BrO2/c10-7-1-2-9-6(3-7)4-8(5-11)12-9/h1-3,5,8H,4H2. The molecule has 62 valence electrons. The Morgan fingerprint density at radius 3 is 3.17 bits per heavy atom. The number of fused-ring (bicyclic) bond motifs is 1. The zero-order valence-corrected chi connectivity index (χ0v) is 7.87. The van der Waals surface area contributed by atoms with E-state index in [1.54, 1.807) is 0 Å². The predicted molar refractivity (Wildman–Crippen MR) is 48.3 cm³/mol. The number of hydrogen-bond donors (Lipinski definition) is 0. The van der Waals surface area contributed by atoms with Crippen LogP contribution in [0.4, 0.5) is 0 Å². The first-order valence-corrected chi connectivity index (χ1v) is 4.49. The molecule has 0 saturated heterocycles. The third kappa shape index (κ3) is 1.25. The minimum Gasteiger partial charge on any atom is -0.482 e. The van der Waals surface area contributed by atoms with E-state index in [4.69, 9.17) is 4.74 Å². The van der Waals surface area contributed by atoms with E-state index < -0.39 is 0 Å². The molecule has 0 N–H and O–H groups in total. The van der Waals surface area contributed by atoms with Crippen molar-refractivity contribution < 1.29 is 9.53 Å². The highest BCUT2D eigenvalue weighted by molar-refractivity contribution is 9.10. The fourth-order valence-corrected chi connectivity index (χ4v) is 1.73. The molecule has 1 aliphatic heterocycles. The Hall–Kier alpha value is -0.830. The van der Waals surface area contributed by atoms with Gasteiger partial charge in [0.2, 0.25) is 0 Å². The summed E-state index contributed by atoms with van der Waals surface area (Å²) in [6.45, 7) is 0. The third-order valence-corrected chi connectivity index (χ3v) is 2.37. The second-order valence-corrected chi connectivity index (χ2v) is 3.66. The van der Waals surface area contributed by atoms with Crippen molar-refractivity contribution in [2.45, 2.75) is 12.5 Å². The molecule has 0 saturated carbocycles. The topological polar surface area (TPSA) is 26.3 Å². The van der Waals surface area contributed by atoms with Gasteiger partial charge in [-0.05, 0) is 23.8 Å². The van der Waals surface area contributed by atoms with Crippen LogP contribution in [-0.2, 0) is 11.2 Å². The lowest BCUT2D eigenvalue weighted by Gasteiger charge is -2.00. The molecule has 1 aromatic rings. The van der Waals surface area contributed by atoms with Crippen molar-refractivity contribution in [2.75, 3.05) is 0 Å². The lowest BCUT2D eigenvalue weighted by atomic mass is 10.1. The Labute approximate surface area is 78.7 Å². The van der Waals surface area contributed by atoms with Gasteiger partial charge in [-0.1, -0.05) is 15.9 Å². The maximum atomic E-state index is 10.4. The molecule has 1 heterocycles. The highest BCUT2D eigenvalue weighted by Gasteiger charge is 2.21. The van der Waals surface area contributed by atoms with Crippen LogP contribution >= 0.6 is 15.9 Å². The summed E-state index contributed by atoms with van der Waals surface area (Å²) in [5.74, 6) is 0.829. The summed E-state index contributed by atoms with van der Waals surface area (Å²) >= 11 is 3.36. The molecule has 2 rings (SSSR count). The summed E-state index contributed by atoms with van der Waals surface area (Å²) in [6.07, 6.45) is 1.25. The predicted octanol–water partition coefficient (Wildman–Crippen LogP) is 1.95. The van der Waals surface area contributed by atoms with Crippen molar-refractivity contribution in [1.29, 1.82) is 0 Å². The molecular formula is C9H7BrO2. The van der Waals surface area contributed by atoms with Crippen LogP contribution in [0.5, 0.6) is 5.75 Å². The summed E-state index contributed by atoms with van der Waals surface area (Å²) < 4.78 is 6.35. The van der Waals surface area contributed by atoms with E-state index in [0.717, 1.165) is 22.1 Å². The van der Waals surface area contributed by atoms with E-state index in [0.29, 0.717) is 6.42 Å². The van der Waals surface area contributed by atoms with E-state index in [-0.39, 0.29) is 6.10 Å². The molecule has 0 radical (unpaired) electrons. The molecule has 0 amide bonds. The average Bonchev–Trinajstić information content (AvgIpc) is 2.46. The molecular weight excluding hydrogens is 220 g/mol. The normalized spacial score (nSPS) is 19.9. The van der Waals surface area contributed by atoms with E-state index in [2.05, 4.69) is 15.9 Å². The molecule has 0 aliphatic carbocycles. The number of rotatable bonds is 1. The van der Waals surface area contributed by atoms with E-state index >= 15 is 0 Å². The van der Waals surface area contributed by atoms with Crippen LogP contribution in [0.2, 0.25) is 0 Å². The first-order chi connectivity index (χ1) is 5.79. The monoisotopic (exact) mass is 226 g/mol. The zero-order valence-electron chi connectivity index (χ0n) is 6.29. The SMILES string of the molecule is O=CC1Cc2cc(Br)ccc2O1. The summed E-state index contributed by atoms with van der Waals surface area (Å²) in [5, 5.41) is 0. The van der Waals surface area contributed by atoms with Gasteiger partial charge in [0.1, 0.15) is 5.75 Å². The van der Waals surface area contributed by atoms with Gasteiger partial charge in [0, 0.05) is 10.9 Å². The van der Waals surface area contributed by atoms with Crippen LogP contribution < -0.4 is 4.74 Å². The van der Waals surface area contributed by atoms with Crippen LogP contribution in [0, 0.1) is 0 Å². The van der Waals surface area contributed by atoms with Crippen LogP contribution in [-0.4, -0.2) is 12.4 Å². The zero-order chi connectivity index (χ0) is 8.55. The smallest absolute Gasteiger partial charge is 0.160 e. The van der Waals surface area contributed by atoms with Crippen molar-refractivity contribution in [3.05, 3.63) is 28.2 Å². The first-order valence-electron chi connectivity index (χ1n) is 3.70. The minimum atomic E-state index is -0.283. The van der Waals surface area contributed by atoms with Gasteiger partial charge in [-0.3, -0.25) is 4.79 Å². The highest BCUT2D eigenvalue weighted by atomic mass is 79.9. The number of carbonyl (C=O) groups is 1. The second kappa shape index (κ2) is 2.90. The third-order valence-electron chi connectivity index (χ3n) is 1.87. The van der Waals surface area contributed by atoms with Gasteiger partial charge in [0.25, 0.3) is 0 Å². The molecule has 0 fully saturated rings. The van der Waals surface area contributed by atoms with Crippen LogP contribution in [0.15, 0.2) is 22.7 Å². The molecule has 1 aromatic carbocycles. The molecule has 0 bridgehead atoms. The van der Waals surface area contributed by atoms with Gasteiger partial charge < -0.3 is 4.74 Å². The molecule has 1 aliphatic rings. The summed E-state index contributed by atoms with van der Waals surface area (Å²) in [6, 6.07) is 5.77. The molecule has 2 nitrogen and oxygen atoms in total. The molecule has 3 heteroatoms. The van der Waals surface area contributed by atoms with E-state index in [1.807, 2.05) is 18.2 Å². The number of aldehydes is 1. The fourth-order valence-electron chi connectivity index (χ4n) is 1.32. The summed E-state index contributed by atoms with van der Waals surface area (Å²) in [4.78, 5) is 10.4. The summed E-state index contributed by atoms with van der Waals surface area (Å²) in [5.41, 5.74) is 1.10. The number of hydrogen-bond acceptors (Lipinski definition) is 2. The lowest BCUT2D eigenvalue weighted by Crippen LogP contribution is -2.13. The maximum Gasteiger partial charge on any atom is 0.160 e. The molecule has 1 unspecified atom stereocenters. The van der Waals surface area contributed by atoms with E-state index in [9.17, 15) is 4.79 Å². The highest BCUT2D eigenvalue weighted by Crippen LogP contribution is 2.30. The van der Waals surface area contributed by atoms with Crippen LogP contribution in [0.1, 0.15) is 5.56 Å². The first kappa shape index (κ1) is 7.80. The van der Waals surface area contributed by atoms with Crippen molar-refractivity contribution >= 4 is 22.2 Å². The van der Waals surface area contributed by atoms with Crippen LogP contribution in [0.3, 0.4) is 0 Å². The Balaban J connectivity index is 2.35. The van der Waals surface area contributed by atoms with Crippen molar-refractivity contribution in [3.63, 3.8) is 0 Å². The average molecular weight is 227 g/mol. The number of halogens is 1. The van der Waals surface area contributed by atoms with Crippen LogP contribution in [0.25, 0.3) is 0 Å². The number of carbonyl (C=O) groups excluding carboxylic acids is 1. The van der Waals surface area contributed by atoms with Gasteiger partial charge >= 0.3 is 0 Å². The molecule has 12 heavy (non-hydrogen) atoms. The van der Waals surface area contributed by atoms with Crippen molar-refractivity contribution in [3.8, 4) is 5.75 Å². The van der Waals surface area contributed by atoms with Gasteiger partial charge in [-0.15, -0.1) is 0 Å². The quantitative estimate of drug-likeness (QED) is 0.685. The Morgan fingerprint density at radius 1 is 1.58 bits per heavy atom. The minimum absolute atomic E-state index is 0.283. The second-order valence-electron chi connectivity index (χ2n) is 2.75.